The van der Waals surface area contributed by atoms with Gasteiger partial charge in [-0.25, -0.2) is 4.98 Å². The van der Waals surface area contributed by atoms with Gasteiger partial charge in [0.25, 0.3) is 5.91 Å². The third-order valence-electron chi connectivity index (χ3n) is 11.0. The Balaban J connectivity index is 1.03. The van der Waals surface area contributed by atoms with Gasteiger partial charge in [0, 0.05) is 63.5 Å². The van der Waals surface area contributed by atoms with Crippen LogP contribution in [-0.4, -0.2) is 104 Å². The highest BCUT2D eigenvalue weighted by atomic mass is 16.5. The maximum Gasteiger partial charge on any atom is 0.251 e. The summed E-state index contributed by atoms with van der Waals surface area (Å²) in [5, 5.41) is 6.61. The monoisotopic (exact) mass is 616 g/mol. The van der Waals surface area contributed by atoms with Gasteiger partial charge in [-0.1, -0.05) is 12.8 Å². The van der Waals surface area contributed by atoms with Crippen molar-refractivity contribution < 1.29 is 14.3 Å². The van der Waals surface area contributed by atoms with Gasteiger partial charge in [-0.05, 0) is 76.6 Å². The third kappa shape index (κ3) is 6.08. The lowest BCUT2D eigenvalue weighted by Gasteiger charge is -2.41. The summed E-state index contributed by atoms with van der Waals surface area (Å²) in [6.45, 7) is 5.28. The third-order valence-corrected chi connectivity index (χ3v) is 11.0. The van der Waals surface area contributed by atoms with Crippen molar-refractivity contribution in [1.29, 1.82) is 0 Å². The molecule has 1 aromatic heterocycles. The molecule has 7 rings (SSSR count). The zero-order chi connectivity index (χ0) is 31.1. The first-order chi connectivity index (χ1) is 21.8. The fraction of sp³-hybridized carbons (Fsp3) is 0.647. The van der Waals surface area contributed by atoms with E-state index in [1.165, 1.54) is 12.8 Å². The Morgan fingerprint density at radius 3 is 2.40 bits per heavy atom. The van der Waals surface area contributed by atoms with E-state index in [0.717, 1.165) is 95.6 Å². The first-order valence-corrected chi connectivity index (χ1v) is 16.9. The van der Waals surface area contributed by atoms with Crippen molar-refractivity contribution in [2.75, 3.05) is 69.0 Å². The molecule has 242 valence electrons. The minimum absolute atomic E-state index is 0.0712. The van der Waals surface area contributed by atoms with Crippen LogP contribution >= 0.6 is 0 Å². The topological polar surface area (TPSA) is 106 Å². The van der Waals surface area contributed by atoms with Crippen molar-refractivity contribution in [3.8, 4) is 5.75 Å². The van der Waals surface area contributed by atoms with E-state index in [9.17, 15) is 9.59 Å². The number of methoxy groups -OCH3 is 1. The molecule has 0 radical (unpaired) electrons. The molecular weight excluding hydrogens is 568 g/mol. The molecule has 3 saturated carbocycles. The average Bonchev–Trinajstić information content (AvgIpc) is 3.67. The number of anilines is 4. The van der Waals surface area contributed by atoms with E-state index in [1.54, 1.807) is 24.3 Å². The Labute approximate surface area is 266 Å². The first-order valence-electron chi connectivity index (χ1n) is 16.9. The Bertz CT molecular complexity index is 1410. The van der Waals surface area contributed by atoms with Crippen LogP contribution in [0.2, 0.25) is 0 Å². The van der Waals surface area contributed by atoms with Gasteiger partial charge in [0.2, 0.25) is 11.9 Å². The molecule has 2 aromatic rings. The molecule has 0 atom stereocenters. The van der Waals surface area contributed by atoms with Gasteiger partial charge in [-0.2, -0.15) is 4.98 Å². The molecule has 0 bridgehead atoms. The van der Waals surface area contributed by atoms with Crippen LogP contribution < -0.4 is 25.2 Å². The molecule has 2 amide bonds. The molecular formula is C34H48N8O3. The number of fused-ring (bicyclic) bond motifs is 1. The minimum atomic E-state index is -0.296. The number of amides is 2. The highest BCUT2D eigenvalue weighted by Crippen LogP contribution is 2.52. The molecule has 4 fully saturated rings. The zero-order valence-corrected chi connectivity index (χ0v) is 27.1. The molecule has 5 aliphatic rings. The predicted molar refractivity (Wildman–Crippen MR) is 176 cm³/mol. The molecule has 0 unspecified atom stereocenters. The molecule has 3 aliphatic carbocycles. The van der Waals surface area contributed by atoms with Crippen LogP contribution in [-0.2, 0) is 4.79 Å². The standard InChI is InChI=1S/C34H48N8O3/c1-39-16-18-41(19-17-39)25-11-9-24(10-12-25)36-31(43)23-8-13-27(29(20-23)45-3)37-33-35-21-28-30(38-33)42(26-6-4-5-7-26)22-34(14-15-34)32(44)40(28)2/h8,13,20-21,24-26H,4-7,9-12,14-19,22H2,1-3H3,(H,36,43)(H,35,37,38)/t24-,25-. The number of nitrogens with zero attached hydrogens (tertiary/aromatic N) is 6. The quantitative estimate of drug-likeness (QED) is 0.477. The number of hydrogen-bond acceptors (Lipinski definition) is 9. The minimum Gasteiger partial charge on any atom is -0.495 e. The number of benzene rings is 1. The molecule has 2 N–H and O–H groups in total. The van der Waals surface area contributed by atoms with E-state index < -0.39 is 0 Å². The Morgan fingerprint density at radius 2 is 1.71 bits per heavy atom. The summed E-state index contributed by atoms with van der Waals surface area (Å²) in [7, 11) is 5.65. The Kier molecular flexibility index (Phi) is 8.33. The summed E-state index contributed by atoms with van der Waals surface area (Å²) in [5.74, 6) is 1.91. The van der Waals surface area contributed by atoms with E-state index >= 15 is 0 Å². The van der Waals surface area contributed by atoms with Crippen LogP contribution in [0.3, 0.4) is 0 Å². The number of rotatable bonds is 7. The van der Waals surface area contributed by atoms with Crippen LogP contribution in [0.4, 0.5) is 23.1 Å². The van der Waals surface area contributed by atoms with E-state index in [2.05, 4.69) is 37.4 Å². The van der Waals surface area contributed by atoms with Gasteiger partial charge in [0.05, 0.1) is 24.4 Å². The number of hydrogen-bond donors (Lipinski definition) is 2. The largest absolute Gasteiger partial charge is 0.495 e. The van der Waals surface area contributed by atoms with Crippen LogP contribution in [0.1, 0.15) is 74.6 Å². The summed E-state index contributed by atoms with van der Waals surface area (Å²) in [6, 6.07) is 6.68. The highest BCUT2D eigenvalue weighted by molar-refractivity contribution is 6.03. The molecule has 1 aromatic carbocycles. The van der Waals surface area contributed by atoms with Gasteiger partial charge in [-0.3, -0.25) is 14.5 Å². The number of carbonyl (C=O) groups is 2. The Hall–Kier alpha value is -3.44. The van der Waals surface area contributed by atoms with Gasteiger partial charge < -0.3 is 30.1 Å². The summed E-state index contributed by atoms with van der Waals surface area (Å²) in [6.07, 6.45) is 12.6. The summed E-state index contributed by atoms with van der Waals surface area (Å²) >= 11 is 0. The van der Waals surface area contributed by atoms with Gasteiger partial charge in [0.15, 0.2) is 5.82 Å². The molecule has 11 heteroatoms. The second-order valence-electron chi connectivity index (χ2n) is 14.0. The highest BCUT2D eigenvalue weighted by Gasteiger charge is 2.55. The predicted octanol–water partition coefficient (Wildman–Crippen LogP) is 4.02. The van der Waals surface area contributed by atoms with Gasteiger partial charge >= 0.3 is 0 Å². The fourth-order valence-electron chi connectivity index (χ4n) is 7.95. The Morgan fingerprint density at radius 1 is 0.978 bits per heavy atom. The molecule has 11 nitrogen and oxygen atoms in total. The van der Waals surface area contributed by atoms with Gasteiger partial charge in [-0.15, -0.1) is 0 Å². The molecule has 1 saturated heterocycles. The van der Waals surface area contributed by atoms with Crippen molar-refractivity contribution in [1.82, 2.24) is 25.1 Å². The number of piperazine rings is 1. The molecule has 45 heavy (non-hydrogen) atoms. The van der Waals surface area contributed by atoms with Crippen LogP contribution in [0.5, 0.6) is 5.75 Å². The summed E-state index contributed by atoms with van der Waals surface area (Å²) in [5.41, 5.74) is 1.72. The smallest absolute Gasteiger partial charge is 0.251 e. The molecule has 1 spiro atoms. The summed E-state index contributed by atoms with van der Waals surface area (Å²) in [4.78, 5) is 45.4. The number of aromatic nitrogens is 2. The van der Waals surface area contributed by atoms with Gasteiger partial charge in [0.1, 0.15) is 11.4 Å². The van der Waals surface area contributed by atoms with E-state index in [4.69, 9.17) is 9.72 Å². The average molecular weight is 617 g/mol. The van der Waals surface area contributed by atoms with Crippen molar-refractivity contribution in [2.24, 2.45) is 5.41 Å². The lowest BCUT2D eigenvalue weighted by atomic mass is 9.89. The number of nitrogens with one attached hydrogen (secondary N) is 2. The summed E-state index contributed by atoms with van der Waals surface area (Å²) < 4.78 is 5.72. The normalized spacial score (nSPS) is 25.6. The van der Waals surface area contributed by atoms with Crippen molar-refractivity contribution in [3.05, 3.63) is 30.0 Å². The number of carbonyl (C=O) groups excluding carboxylic acids is 2. The number of ether oxygens (including phenoxy) is 1. The maximum atomic E-state index is 13.4. The van der Waals surface area contributed by atoms with E-state index in [0.29, 0.717) is 35.0 Å². The molecule has 3 heterocycles. The van der Waals surface area contributed by atoms with E-state index in [-0.39, 0.29) is 23.3 Å². The van der Waals surface area contributed by atoms with E-state index in [1.807, 2.05) is 19.2 Å². The van der Waals surface area contributed by atoms with Crippen LogP contribution in [0.25, 0.3) is 0 Å². The number of likely N-dealkylation sites (N-methyl/N-ethyl adjacent to an activating group) is 1. The molecule has 2 aliphatic heterocycles. The maximum absolute atomic E-state index is 13.4. The van der Waals surface area contributed by atoms with Crippen LogP contribution in [0.15, 0.2) is 24.4 Å². The second kappa shape index (κ2) is 12.4. The van der Waals surface area contributed by atoms with Crippen molar-refractivity contribution >= 4 is 35.0 Å². The van der Waals surface area contributed by atoms with Crippen molar-refractivity contribution in [2.45, 2.75) is 82.3 Å². The second-order valence-corrected chi connectivity index (χ2v) is 14.0. The van der Waals surface area contributed by atoms with Crippen LogP contribution in [0, 0.1) is 5.41 Å². The lowest BCUT2D eigenvalue weighted by Crippen LogP contribution is -2.51. The SMILES string of the molecule is COc1cc(C(=O)N[C@H]2CC[C@H](N3CCN(C)CC3)CC2)ccc1Nc1ncc2c(n1)N(C1CCCC1)CC1(CC1)C(=O)N2C. The zero-order valence-electron chi connectivity index (χ0n) is 27.1. The fourth-order valence-corrected chi connectivity index (χ4v) is 7.95. The first kappa shape index (κ1) is 30.2. The van der Waals surface area contributed by atoms with Crippen molar-refractivity contribution in [3.63, 3.8) is 0 Å². The lowest BCUT2D eigenvalue weighted by molar-refractivity contribution is -0.122.